The van der Waals surface area contributed by atoms with Crippen LogP contribution in [0.5, 0.6) is 0 Å². The molecule has 2 amide bonds. The lowest BCUT2D eigenvalue weighted by atomic mass is 10.0. The Kier molecular flexibility index (Phi) is 6.03. The highest BCUT2D eigenvalue weighted by Gasteiger charge is 2.30. The molecule has 0 saturated carbocycles. The summed E-state index contributed by atoms with van der Waals surface area (Å²) in [6, 6.07) is 9.24. The number of carbonyl (C=O) groups is 1. The molecule has 0 aliphatic carbocycles. The van der Waals surface area contributed by atoms with Gasteiger partial charge >= 0.3 is 6.18 Å². The van der Waals surface area contributed by atoms with E-state index in [1.54, 1.807) is 12.4 Å². The second kappa shape index (κ2) is 9.07. The smallest absolute Gasteiger partial charge is 0.416 e. The standard InChI is InChI=1S/C22H17F3N6O2/c1-14-7-15(5-6-19(14)16-9-26-13-27-10-16)11-31-12-20(33-30-31)29-21(32)28-18-4-2-3-17(8-18)22(23,24)25/h2-10,12-13H,11H2,1H3,(H-,28,29,30,32). The summed E-state index contributed by atoms with van der Waals surface area (Å²) in [7, 11) is 0. The van der Waals surface area contributed by atoms with Gasteiger partial charge in [-0.2, -0.15) is 13.2 Å². The number of amides is 2. The third-order valence-corrected chi connectivity index (χ3v) is 4.66. The molecule has 2 aromatic heterocycles. The van der Waals surface area contributed by atoms with E-state index in [-0.39, 0.29) is 11.6 Å². The number of urea groups is 1. The average Bonchev–Trinajstić information content (AvgIpc) is 3.20. The highest BCUT2D eigenvalue weighted by Crippen LogP contribution is 2.31. The maximum Gasteiger partial charge on any atom is 0.416 e. The van der Waals surface area contributed by atoms with Gasteiger partial charge in [-0.3, -0.25) is 4.79 Å². The zero-order valence-corrected chi connectivity index (χ0v) is 17.2. The largest absolute Gasteiger partial charge is 0.424 e. The predicted octanol–water partition coefficient (Wildman–Crippen LogP) is 5.03. The molecular weight excluding hydrogens is 437 g/mol. The summed E-state index contributed by atoms with van der Waals surface area (Å²) in [5, 5.41) is 9.79. The third-order valence-electron chi connectivity index (χ3n) is 4.66. The van der Waals surface area contributed by atoms with E-state index < -0.39 is 17.8 Å². The second-order valence-electron chi connectivity index (χ2n) is 7.13. The molecule has 4 aromatic rings. The second-order valence-corrected chi connectivity index (χ2v) is 7.13. The van der Waals surface area contributed by atoms with Crippen LogP contribution >= 0.6 is 0 Å². The summed E-state index contributed by atoms with van der Waals surface area (Å²) >= 11 is 0. The fourth-order valence-electron chi connectivity index (χ4n) is 3.19. The minimum absolute atomic E-state index is 0.0367. The van der Waals surface area contributed by atoms with Crippen LogP contribution in [0, 0.1) is 6.92 Å². The Hall–Kier alpha value is -4.28. The molecule has 0 unspecified atom stereocenters. The zero-order valence-electron chi connectivity index (χ0n) is 17.2. The minimum atomic E-state index is -4.51. The molecule has 0 fully saturated rings. The Bertz CT molecular complexity index is 1270. The van der Waals surface area contributed by atoms with Crippen LogP contribution in [0.1, 0.15) is 16.7 Å². The van der Waals surface area contributed by atoms with Crippen LogP contribution in [0.15, 0.2) is 71.9 Å². The van der Waals surface area contributed by atoms with Crippen molar-refractivity contribution in [2.45, 2.75) is 19.6 Å². The van der Waals surface area contributed by atoms with Gasteiger partial charge < -0.3 is 15.2 Å². The van der Waals surface area contributed by atoms with E-state index >= 15 is 0 Å². The van der Waals surface area contributed by atoms with Crippen molar-refractivity contribution in [3.8, 4) is 11.1 Å². The number of halogens is 3. The van der Waals surface area contributed by atoms with E-state index in [0.29, 0.717) is 6.54 Å². The van der Waals surface area contributed by atoms with Gasteiger partial charge in [0.05, 0.1) is 5.56 Å². The molecule has 11 heteroatoms. The Morgan fingerprint density at radius 2 is 1.94 bits per heavy atom. The van der Waals surface area contributed by atoms with Gasteiger partial charge in [-0.05, 0) is 40.6 Å². The fraction of sp³-hybridized carbons (Fsp3) is 0.136. The molecule has 0 aliphatic rings. The summed E-state index contributed by atoms with van der Waals surface area (Å²) in [5.74, 6) is -0.0887. The van der Waals surface area contributed by atoms with Crippen LogP contribution in [0.3, 0.4) is 0 Å². The van der Waals surface area contributed by atoms with Crippen molar-refractivity contribution >= 4 is 17.6 Å². The number of nitrogens with zero attached hydrogens (tertiary/aromatic N) is 5. The van der Waals surface area contributed by atoms with E-state index in [4.69, 9.17) is 4.52 Å². The van der Waals surface area contributed by atoms with E-state index in [1.807, 2.05) is 25.1 Å². The van der Waals surface area contributed by atoms with Gasteiger partial charge in [-0.1, -0.05) is 30.3 Å². The van der Waals surface area contributed by atoms with Crippen molar-refractivity contribution in [2.24, 2.45) is 0 Å². The topological polar surface area (TPSA) is 98.9 Å². The Labute approximate surface area is 186 Å². The number of hydrogen-bond acceptors (Lipinski definition) is 5. The van der Waals surface area contributed by atoms with E-state index in [0.717, 1.165) is 34.4 Å². The number of aromatic nitrogens is 4. The first-order valence-electron chi connectivity index (χ1n) is 9.69. The number of benzene rings is 2. The molecule has 0 saturated heterocycles. The summed E-state index contributed by atoms with van der Waals surface area (Å²) in [6.07, 6.45) is 1.84. The SMILES string of the molecule is Cc1cc(C[n+]2cc([N-]C(=O)Nc3cccc(C(F)(F)F)c3)on2)ccc1-c1cncnc1. The number of alkyl halides is 3. The molecule has 0 aliphatic heterocycles. The van der Waals surface area contributed by atoms with Crippen LogP contribution in [-0.4, -0.2) is 21.3 Å². The van der Waals surface area contributed by atoms with Gasteiger partial charge in [0.1, 0.15) is 6.33 Å². The van der Waals surface area contributed by atoms with E-state index in [2.05, 4.69) is 25.9 Å². The highest BCUT2D eigenvalue weighted by molar-refractivity contribution is 6.03. The molecule has 0 bridgehead atoms. The first-order valence-corrected chi connectivity index (χ1v) is 9.69. The normalized spacial score (nSPS) is 11.3. The van der Waals surface area contributed by atoms with Crippen LogP contribution < -0.4 is 10.00 Å². The molecule has 0 spiro atoms. The van der Waals surface area contributed by atoms with Gasteiger partial charge in [0.15, 0.2) is 11.3 Å². The Morgan fingerprint density at radius 3 is 2.67 bits per heavy atom. The molecule has 0 radical (unpaired) electrons. The molecule has 1 N–H and O–H groups in total. The fourth-order valence-corrected chi connectivity index (χ4v) is 3.19. The van der Waals surface area contributed by atoms with Gasteiger partial charge in [0.2, 0.25) is 18.6 Å². The molecule has 33 heavy (non-hydrogen) atoms. The van der Waals surface area contributed by atoms with Crippen LogP contribution in [0.25, 0.3) is 16.4 Å². The summed E-state index contributed by atoms with van der Waals surface area (Å²) in [4.78, 5) is 20.1. The molecule has 2 heterocycles. The number of anilines is 1. The van der Waals surface area contributed by atoms with E-state index in [9.17, 15) is 18.0 Å². The number of hydrogen-bond donors (Lipinski definition) is 1. The van der Waals surface area contributed by atoms with Crippen molar-refractivity contribution in [3.05, 3.63) is 89.4 Å². The Morgan fingerprint density at radius 1 is 1.15 bits per heavy atom. The monoisotopic (exact) mass is 454 g/mol. The molecule has 4 rings (SSSR count). The summed E-state index contributed by atoms with van der Waals surface area (Å²) < 4.78 is 44.9. The van der Waals surface area contributed by atoms with Crippen molar-refractivity contribution in [2.75, 3.05) is 5.32 Å². The van der Waals surface area contributed by atoms with Crippen LogP contribution in [-0.2, 0) is 12.7 Å². The predicted molar refractivity (Wildman–Crippen MR) is 111 cm³/mol. The highest BCUT2D eigenvalue weighted by atomic mass is 19.4. The van der Waals surface area contributed by atoms with E-state index in [1.165, 1.54) is 29.3 Å². The van der Waals surface area contributed by atoms with Crippen molar-refractivity contribution < 1.29 is 27.2 Å². The van der Waals surface area contributed by atoms with Gasteiger partial charge in [-0.25, -0.2) is 9.97 Å². The number of carbonyl (C=O) groups excluding carboxylic acids is 1. The molecule has 8 nitrogen and oxygen atoms in total. The van der Waals surface area contributed by atoms with Gasteiger partial charge in [0, 0.05) is 23.5 Å². The maximum absolute atomic E-state index is 12.8. The lowest BCUT2D eigenvalue weighted by Crippen LogP contribution is -2.35. The minimum Gasteiger partial charge on any atom is -0.424 e. The maximum atomic E-state index is 12.8. The average molecular weight is 454 g/mol. The lowest BCUT2D eigenvalue weighted by molar-refractivity contribution is -0.754. The van der Waals surface area contributed by atoms with Crippen LogP contribution in [0.2, 0.25) is 0 Å². The van der Waals surface area contributed by atoms with Gasteiger partial charge in [-0.15, -0.1) is 0 Å². The first-order chi connectivity index (χ1) is 15.8. The van der Waals surface area contributed by atoms with Crippen molar-refractivity contribution in [1.29, 1.82) is 0 Å². The van der Waals surface area contributed by atoms with Gasteiger partial charge in [0.25, 0.3) is 0 Å². The first kappa shape index (κ1) is 21.9. The number of nitrogens with one attached hydrogen (secondary N) is 1. The lowest BCUT2D eigenvalue weighted by Gasteiger charge is -2.15. The van der Waals surface area contributed by atoms with Crippen molar-refractivity contribution in [1.82, 2.24) is 15.2 Å². The zero-order chi connectivity index (χ0) is 23.4. The summed E-state index contributed by atoms with van der Waals surface area (Å²) in [5.41, 5.74) is 2.96. The summed E-state index contributed by atoms with van der Waals surface area (Å²) in [6.45, 7) is 2.33. The molecule has 168 valence electrons. The number of rotatable bonds is 5. The van der Waals surface area contributed by atoms with Crippen molar-refractivity contribution in [3.63, 3.8) is 0 Å². The number of aryl methyl sites for hydroxylation is 1. The quantitative estimate of drug-likeness (QED) is 0.427. The molecule has 0 atom stereocenters. The molecule has 2 aromatic carbocycles. The molecular formula is C22H17F3N6O2. The van der Waals surface area contributed by atoms with Crippen LogP contribution in [0.4, 0.5) is 29.5 Å². The third kappa shape index (κ3) is 5.50. The Balaban J connectivity index is 1.38.